The maximum atomic E-state index is 11.7. The first kappa shape index (κ1) is 23.5. The Morgan fingerprint density at radius 3 is 2.15 bits per heavy atom. The Morgan fingerprint density at radius 1 is 0.926 bits per heavy atom. The number of esters is 1. The Balaban J connectivity index is 2.05. The minimum absolute atomic E-state index is 0.343. The van der Waals surface area contributed by atoms with Crippen molar-refractivity contribution in [2.75, 3.05) is 13.7 Å². The zero-order chi connectivity index (χ0) is 19.7. The van der Waals surface area contributed by atoms with Gasteiger partial charge in [0.25, 0.3) is 0 Å². The van der Waals surface area contributed by atoms with E-state index in [1.54, 1.807) is 18.2 Å². The van der Waals surface area contributed by atoms with E-state index in [9.17, 15) is 9.90 Å². The molecule has 0 bridgehead atoms. The molecule has 1 rings (SSSR count). The predicted molar refractivity (Wildman–Crippen MR) is 110 cm³/mol. The summed E-state index contributed by atoms with van der Waals surface area (Å²) in [5.41, 5.74) is 0.421. The van der Waals surface area contributed by atoms with E-state index < -0.39 is 5.97 Å². The Morgan fingerprint density at radius 2 is 1.52 bits per heavy atom. The summed E-state index contributed by atoms with van der Waals surface area (Å²) < 4.78 is 10.4. The SMILES string of the molecule is CCCCCCCCCCCCC(O)CCOc1ccccc1C(=O)OC. The van der Waals surface area contributed by atoms with Crippen LogP contribution >= 0.6 is 0 Å². The van der Waals surface area contributed by atoms with Gasteiger partial charge in [0, 0.05) is 6.42 Å². The molecule has 0 radical (unpaired) electrons. The number of hydrogen-bond donors (Lipinski definition) is 1. The molecule has 0 amide bonds. The predicted octanol–water partition coefficient (Wildman–Crippen LogP) is 5.91. The van der Waals surface area contributed by atoms with Gasteiger partial charge < -0.3 is 14.6 Å². The maximum Gasteiger partial charge on any atom is 0.341 e. The second-order valence-corrected chi connectivity index (χ2v) is 7.25. The van der Waals surface area contributed by atoms with Crippen molar-refractivity contribution in [3.8, 4) is 5.75 Å². The third-order valence-corrected chi connectivity index (χ3v) is 4.89. The monoisotopic (exact) mass is 378 g/mol. The lowest BCUT2D eigenvalue weighted by Gasteiger charge is -2.13. The molecule has 0 saturated carbocycles. The van der Waals surface area contributed by atoms with Gasteiger partial charge in [-0.05, 0) is 18.6 Å². The van der Waals surface area contributed by atoms with E-state index in [-0.39, 0.29) is 6.10 Å². The quantitative estimate of drug-likeness (QED) is 0.287. The molecule has 0 aliphatic carbocycles. The Hall–Kier alpha value is -1.55. The molecule has 154 valence electrons. The number of rotatable bonds is 16. The number of aliphatic hydroxyl groups is 1. The number of para-hydroxylation sites is 1. The van der Waals surface area contributed by atoms with E-state index in [0.29, 0.717) is 24.3 Å². The molecule has 1 aromatic carbocycles. The van der Waals surface area contributed by atoms with Gasteiger partial charge in [0.2, 0.25) is 0 Å². The van der Waals surface area contributed by atoms with Crippen molar-refractivity contribution in [2.24, 2.45) is 0 Å². The highest BCUT2D eigenvalue weighted by molar-refractivity contribution is 5.92. The molecule has 4 nitrogen and oxygen atoms in total. The zero-order valence-corrected chi connectivity index (χ0v) is 17.3. The molecule has 27 heavy (non-hydrogen) atoms. The van der Waals surface area contributed by atoms with Crippen LogP contribution < -0.4 is 4.74 Å². The van der Waals surface area contributed by atoms with Crippen LogP contribution in [0, 0.1) is 0 Å². The van der Waals surface area contributed by atoms with Crippen molar-refractivity contribution in [2.45, 2.75) is 90.1 Å². The number of carbonyl (C=O) groups excluding carboxylic acids is 1. The summed E-state index contributed by atoms with van der Waals surface area (Å²) in [6, 6.07) is 7.03. The van der Waals surface area contributed by atoms with Crippen LogP contribution in [0.15, 0.2) is 24.3 Å². The summed E-state index contributed by atoms with van der Waals surface area (Å²) in [4.78, 5) is 11.7. The average Bonchev–Trinajstić information content (AvgIpc) is 2.69. The molecule has 1 unspecified atom stereocenters. The number of methoxy groups -OCH3 is 1. The fourth-order valence-electron chi connectivity index (χ4n) is 3.19. The molecular weight excluding hydrogens is 340 g/mol. The number of aliphatic hydroxyl groups excluding tert-OH is 1. The van der Waals surface area contributed by atoms with Crippen molar-refractivity contribution >= 4 is 5.97 Å². The van der Waals surface area contributed by atoms with Crippen LogP contribution in [0.1, 0.15) is 94.3 Å². The van der Waals surface area contributed by atoms with Gasteiger partial charge in [-0.2, -0.15) is 0 Å². The minimum Gasteiger partial charge on any atom is -0.493 e. The smallest absolute Gasteiger partial charge is 0.341 e. The number of hydrogen-bond acceptors (Lipinski definition) is 4. The van der Waals surface area contributed by atoms with Gasteiger partial charge in [-0.1, -0.05) is 83.3 Å². The summed E-state index contributed by atoms with van der Waals surface area (Å²) in [5.74, 6) is 0.104. The standard InChI is InChI=1S/C23H38O4/c1-3-4-5-6-7-8-9-10-11-12-15-20(24)18-19-27-22-17-14-13-16-21(22)23(25)26-2/h13-14,16-17,20,24H,3-12,15,18-19H2,1-2H3. The summed E-state index contributed by atoms with van der Waals surface area (Å²) >= 11 is 0. The first-order valence-electron chi connectivity index (χ1n) is 10.7. The van der Waals surface area contributed by atoms with Crippen molar-refractivity contribution in [3.63, 3.8) is 0 Å². The molecule has 0 spiro atoms. The van der Waals surface area contributed by atoms with Crippen LogP contribution in [0.25, 0.3) is 0 Å². The number of carbonyl (C=O) groups is 1. The van der Waals surface area contributed by atoms with Crippen molar-refractivity contribution in [3.05, 3.63) is 29.8 Å². The Labute approximate surface area is 165 Å². The summed E-state index contributed by atoms with van der Waals surface area (Å²) in [7, 11) is 1.36. The molecule has 1 atom stereocenters. The number of unbranched alkanes of at least 4 members (excludes halogenated alkanes) is 9. The van der Waals surface area contributed by atoms with E-state index >= 15 is 0 Å². The second-order valence-electron chi connectivity index (χ2n) is 7.25. The van der Waals surface area contributed by atoms with Crippen molar-refractivity contribution in [1.29, 1.82) is 0 Å². The average molecular weight is 379 g/mol. The fraction of sp³-hybridized carbons (Fsp3) is 0.696. The van der Waals surface area contributed by atoms with E-state index in [1.165, 1.54) is 64.9 Å². The second kappa shape index (κ2) is 15.5. The first-order chi connectivity index (χ1) is 13.2. The molecule has 1 N–H and O–H groups in total. The van der Waals surface area contributed by atoms with Gasteiger partial charge >= 0.3 is 5.97 Å². The van der Waals surface area contributed by atoms with Crippen LogP contribution in [0.4, 0.5) is 0 Å². The molecule has 0 aliphatic rings. The Bertz CT molecular complexity index is 501. The van der Waals surface area contributed by atoms with Crippen LogP contribution in [-0.2, 0) is 4.74 Å². The topological polar surface area (TPSA) is 55.8 Å². The van der Waals surface area contributed by atoms with Gasteiger partial charge in [0.15, 0.2) is 0 Å². The normalized spacial score (nSPS) is 12.0. The van der Waals surface area contributed by atoms with Gasteiger partial charge in [-0.3, -0.25) is 0 Å². The van der Waals surface area contributed by atoms with Gasteiger partial charge in [-0.25, -0.2) is 4.79 Å². The van der Waals surface area contributed by atoms with Gasteiger partial charge in [0.1, 0.15) is 11.3 Å². The highest BCUT2D eigenvalue weighted by Gasteiger charge is 2.12. The number of ether oxygens (including phenoxy) is 2. The molecule has 0 aliphatic heterocycles. The van der Waals surface area contributed by atoms with E-state index in [2.05, 4.69) is 6.92 Å². The van der Waals surface area contributed by atoms with Crippen LogP contribution in [0.3, 0.4) is 0 Å². The lowest BCUT2D eigenvalue weighted by Crippen LogP contribution is -2.13. The summed E-state index contributed by atoms with van der Waals surface area (Å²) in [6.07, 6.45) is 14.1. The molecule has 0 aromatic heterocycles. The Kier molecular flexibility index (Phi) is 13.5. The lowest BCUT2D eigenvalue weighted by molar-refractivity contribution is 0.0595. The van der Waals surface area contributed by atoms with Crippen LogP contribution in [0.5, 0.6) is 5.75 Å². The molecule has 0 heterocycles. The number of benzene rings is 1. The van der Waals surface area contributed by atoms with Gasteiger partial charge in [-0.15, -0.1) is 0 Å². The van der Waals surface area contributed by atoms with Crippen LogP contribution in [-0.4, -0.2) is 30.9 Å². The van der Waals surface area contributed by atoms with E-state index in [1.807, 2.05) is 6.07 Å². The molecule has 4 heteroatoms. The van der Waals surface area contributed by atoms with E-state index in [4.69, 9.17) is 9.47 Å². The molecule has 1 aromatic rings. The first-order valence-corrected chi connectivity index (χ1v) is 10.7. The zero-order valence-electron chi connectivity index (χ0n) is 17.3. The molecule has 0 saturated heterocycles. The third kappa shape index (κ3) is 11.0. The van der Waals surface area contributed by atoms with Crippen LogP contribution in [0.2, 0.25) is 0 Å². The largest absolute Gasteiger partial charge is 0.493 e. The van der Waals surface area contributed by atoms with Crippen molar-refractivity contribution < 1.29 is 19.4 Å². The highest BCUT2D eigenvalue weighted by atomic mass is 16.5. The highest BCUT2D eigenvalue weighted by Crippen LogP contribution is 2.19. The van der Waals surface area contributed by atoms with Gasteiger partial charge in [0.05, 0.1) is 19.8 Å². The summed E-state index contributed by atoms with van der Waals surface area (Å²) in [6.45, 7) is 2.65. The fourth-order valence-corrected chi connectivity index (χ4v) is 3.19. The summed E-state index contributed by atoms with van der Waals surface area (Å²) in [5, 5.41) is 10.1. The third-order valence-electron chi connectivity index (χ3n) is 4.89. The molecular formula is C23H38O4. The maximum absolute atomic E-state index is 11.7. The lowest BCUT2D eigenvalue weighted by atomic mass is 10.0. The molecule has 0 fully saturated rings. The van der Waals surface area contributed by atoms with Crippen molar-refractivity contribution in [1.82, 2.24) is 0 Å². The van der Waals surface area contributed by atoms with E-state index in [0.717, 1.165) is 12.8 Å². The minimum atomic E-state index is -0.406.